The van der Waals surface area contributed by atoms with Gasteiger partial charge in [0.2, 0.25) is 0 Å². The fraction of sp³-hybridized carbons (Fsp3) is 0.500. The van der Waals surface area contributed by atoms with Crippen LogP contribution in [0.3, 0.4) is 0 Å². The van der Waals surface area contributed by atoms with Crippen LogP contribution in [0.4, 0.5) is 5.69 Å². The molecule has 0 saturated carbocycles. The maximum atomic E-state index is 11.0. The third-order valence-electron chi connectivity index (χ3n) is 2.70. The molecule has 7 heteroatoms. The van der Waals surface area contributed by atoms with Crippen molar-refractivity contribution in [2.24, 2.45) is 0 Å². The molecule has 0 fully saturated rings. The monoisotopic (exact) mass is 348 g/mol. The number of nitrogens with zero attached hydrogens (tertiary/aromatic N) is 1. The second-order valence-electron chi connectivity index (χ2n) is 4.39. The minimum Gasteiger partial charge on any atom is -0.310 e. The van der Waals surface area contributed by atoms with Gasteiger partial charge in [-0.25, -0.2) is 0 Å². The summed E-state index contributed by atoms with van der Waals surface area (Å²) in [5.41, 5.74) is 0.931. The molecule has 1 aromatic carbocycles. The van der Waals surface area contributed by atoms with E-state index in [9.17, 15) is 14.3 Å². The second-order valence-corrected chi connectivity index (χ2v) is 6.80. The number of halogens is 1. The summed E-state index contributed by atoms with van der Waals surface area (Å²) in [6, 6.07) is 5.31. The number of hydrogen-bond donors (Lipinski definition) is 1. The summed E-state index contributed by atoms with van der Waals surface area (Å²) >= 11 is 3.16. The number of nitro benzene ring substituents is 1. The molecule has 1 N–H and O–H groups in total. The van der Waals surface area contributed by atoms with E-state index in [1.54, 1.807) is 18.4 Å². The van der Waals surface area contributed by atoms with E-state index in [1.807, 2.05) is 13.0 Å². The van der Waals surface area contributed by atoms with Crippen LogP contribution < -0.4 is 5.32 Å². The molecule has 0 bridgehead atoms. The molecule has 0 aliphatic carbocycles. The van der Waals surface area contributed by atoms with Gasteiger partial charge in [0.25, 0.3) is 5.69 Å². The van der Waals surface area contributed by atoms with Crippen molar-refractivity contribution in [2.75, 3.05) is 12.0 Å². The number of rotatable bonds is 7. The number of nitrogens with one attached hydrogen (secondary N) is 1. The molecule has 1 aromatic rings. The fourth-order valence-corrected chi connectivity index (χ4v) is 2.62. The minimum absolute atomic E-state index is 0.0709. The van der Waals surface area contributed by atoms with Gasteiger partial charge >= 0.3 is 0 Å². The van der Waals surface area contributed by atoms with Gasteiger partial charge in [0.05, 0.1) is 9.40 Å². The third kappa shape index (κ3) is 5.80. The van der Waals surface area contributed by atoms with Gasteiger partial charge in [-0.15, -0.1) is 0 Å². The van der Waals surface area contributed by atoms with Crippen LogP contribution in [0.2, 0.25) is 0 Å². The predicted octanol–water partition coefficient (Wildman–Crippen LogP) is 2.60. The lowest BCUT2D eigenvalue weighted by molar-refractivity contribution is -0.385. The van der Waals surface area contributed by atoms with Crippen LogP contribution in [0, 0.1) is 10.1 Å². The van der Waals surface area contributed by atoms with Gasteiger partial charge in [0, 0.05) is 41.5 Å². The zero-order valence-corrected chi connectivity index (χ0v) is 13.3. The Morgan fingerprint density at radius 2 is 2.21 bits per heavy atom. The van der Waals surface area contributed by atoms with Gasteiger partial charge in [-0.2, -0.15) is 0 Å². The first-order chi connectivity index (χ1) is 8.90. The van der Waals surface area contributed by atoms with E-state index >= 15 is 0 Å². The molecule has 0 amide bonds. The maximum absolute atomic E-state index is 11.0. The average molecular weight is 349 g/mol. The number of nitro groups is 1. The van der Waals surface area contributed by atoms with Gasteiger partial charge in [-0.1, -0.05) is 6.07 Å². The number of hydrogen-bond acceptors (Lipinski definition) is 4. The normalized spacial score (nSPS) is 14.1. The number of benzene rings is 1. The van der Waals surface area contributed by atoms with Crippen molar-refractivity contribution >= 4 is 32.4 Å². The molecule has 0 aliphatic rings. The van der Waals surface area contributed by atoms with Crippen molar-refractivity contribution in [1.82, 2.24) is 5.32 Å². The van der Waals surface area contributed by atoms with Crippen molar-refractivity contribution < 1.29 is 9.13 Å². The summed E-state index contributed by atoms with van der Waals surface area (Å²) in [6.07, 6.45) is 2.51. The highest BCUT2D eigenvalue weighted by Crippen LogP contribution is 2.25. The van der Waals surface area contributed by atoms with Crippen molar-refractivity contribution in [3.8, 4) is 0 Å². The first-order valence-corrected chi connectivity index (χ1v) is 8.38. The van der Waals surface area contributed by atoms with E-state index in [0.717, 1.165) is 12.0 Å². The Labute approximate surface area is 123 Å². The molecule has 0 heterocycles. The Morgan fingerprint density at radius 1 is 1.53 bits per heavy atom. The van der Waals surface area contributed by atoms with E-state index in [0.29, 0.717) is 16.8 Å². The van der Waals surface area contributed by atoms with Gasteiger partial charge in [0.1, 0.15) is 0 Å². The first-order valence-electron chi connectivity index (χ1n) is 5.86. The summed E-state index contributed by atoms with van der Waals surface area (Å²) in [6.45, 7) is 2.58. The molecule has 0 aliphatic heterocycles. The summed E-state index contributed by atoms with van der Waals surface area (Å²) < 4.78 is 11.5. The quantitative estimate of drug-likeness (QED) is 0.607. The zero-order valence-electron chi connectivity index (χ0n) is 10.9. The minimum atomic E-state index is -0.783. The SMILES string of the molecule is CC(CCS(C)=O)NCc1ccc(Br)c([N+](=O)[O-])c1. The van der Waals surface area contributed by atoms with E-state index in [-0.39, 0.29) is 11.7 Å². The molecular formula is C12H17BrN2O3S. The molecule has 2 unspecified atom stereocenters. The molecule has 0 aromatic heterocycles. The second kappa shape index (κ2) is 7.72. The molecule has 5 nitrogen and oxygen atoms in total. The Kier molecular flexibility index (Phi) is 6.60. The molecule has 106 valence electrons. The van der Waals surface area contributed by atoms with Crippen molar-refractivity contribution in [1.29, 1.82) is 0 Å². The summed E-state index contributed by atoms with van der Waals surface area (Å²) in [5.74, 6) is 0.661. The summed E-state index contributed by atoms with van der Waals surface area (Å²) in [7, 11) is -0.783. The molecule has 19 heavy (non-hydrogen) atoms. The topological polar surface area (TPSA) is 72.2 Å². The Balaban J connectivity index is 2.56. The van der Waals surface area contributed by atoms with Crippen LogP contribution >= 0.6 is 15.9 Å². The Morgan fingerprint density at radius 3 is 2.79 bits per heavy atom. The van der Waals surface area contributed by atoms with Crippen LogP contribution in [-0.4, -0.2) is 27.2 Å². The van der Waals surface area contributed by atoms with Gasteiger partial charge in [-0.3, -0.25) is 14.3 Å². The lowest BCUT2D eigenvalue weighted by Gasteiger charge is -2.13. The Hall–Kier alpha value is -0.790. The highest BCUT2D eigenvalue weighted by molar-refractivity contribution is 9.10. The van der Waals surface area contributed by atoms with Crippen molar-refractivity contribution in [2.45, 2.75) is 25.9 Å². The van der Waals surface area contributed by atoms with Crippen LogP contribution in [0.15, 0.2) is 22.7 Å². The molecule has 0 saturated heterocycles. The highest BCUT2D eigenvalue weighted by Gasteiger charge is 2.12. The van der Waals surface area contributed by atoms with Crippen LogP contribution in [0.25, 0.3) is 0 Å². The van der Waals surface area contributed by atoms with E-state index in [4.69, 9.17) is 0 Å². The first kappa shape index (κ1) is 16.3. The Bertz CT molecular complexity index is 482. The molecule has 2 atom stereocenters. The lowest BCUT2D eigenvalue weighted by Crippen LogP contribution is -2.27. The zero-order chi connectivity index (χ0) is 14.4. The predicted molar refractivity (Wildman–Crippen MR) is 80.6 cm³/mol. The van der Waals surface area contributed by atoms with Crippen LogP contribution in [0.5, 0.6) is 0 Å². The molecule has 0 radical (unpaired) electrons. The molecular weight excluding hydrogens is 332 g/mol. The van der Waals surface area contributed by atoms with Crippen LogP contribution in [0.1, 0.15) is 18.9 Å². The van der Waals surface area contributed by atoms with Crippen molar-refractivity contribution in [3.63, 3.8) is 0 Å². The highest BCUT2D eigenvalue weighted by atomic mass is 79.9. The smallest absolute Gasteiger partial charge is 0.283 e. The largest absolute Gasteiger partial charge is 0.310 e. The van der Waals surface area contributed by atoms with Gasteiger partial charge in [0.15, 0.2) is 0 Å². The van der Waals surface area contributed by atoms with E-state index < -0.39 is 15.7 Å². The standard InChI is InChI=1S/C12H17BrN2O3S/c1-9(5-6-19(2)18)14-8-10-3-4-11(13)12(7-10)15(16)17/h3-4,7,9,14H,5-6,8H2,1-2H3. The lowest BCUT2D eigenvalue weighted by atomic mass is 10.2. The molecule has 1 rings (SSSR count). The van der Waals surface area contributed by atoms with E-state index in [2.05, 4.69) is 21.2 Å². The maximum Gasteiger partial charge on any atom is 0.283 e. The van der Waals surface area contributed by atoms with Crippen molar-refractivity contribution in [3.05, 3.63) is 38.3 Å². The fourth-order valence-electron chi connectivity index (χ4n) is 1.55. The summed E-state index contributed by atoms with van der Waals surface area (Å²) in [5, 5.41) is 14.1. The van der Waals surface area contributed by atoms with E-state index in [1.165, 1.54) is 0 Å². The van der Waals surface area contributed by atoms with Crippen LogP contribution in [-0.2, 0) is 17.3 Å². The summed E-state index contributed by atoms with van der Waals surface area (Å²) in [4.78, 5) is 10.4. The third-order valence-corrected chi connectivity index (χ3v) is 4.18. The average Bonchev–Trinajstić information content (AvgIpc) is 2.35. The van der Waals surface area contributed by atoms with Gasteiger partial charge < -0.3 is 5.32 Å². The molecule has 0 spiro atoms. The van der Waals surface area contributed by atoms with Gasteiger partial charge in [-0.05, 0) is 40.9 Å².